The molecule has 0 saturated carbocycles. The molecule has 0 aliphatic rings. The maximum atomic E-state index is 11.9. The SMILES string of the molecule is CCN(C(=O)C(C)(C)NC)C(C)C. The van der Waals surface area contributed by atoms with Crippen LogP contribution in [0, 0.1) is 0 Å². The highest BCUT2D eigenvalue weighted by Crippen LogP contribution is 2.09. The molecule has 0 saturated heterocycles. The molecular weight excluding hydrogens is 164 g/mol. The Morgan fingerprint density at radius 3 is 2.15 bits per heavy atom. The van der Waals surface area contributed by atoms with E-state index in [2.05, 4.69) is 5.32 Å². The quantitative estimate of drug-likeness (QED) is 0.716. The minimum atomic E-state index is -0.458. The first kappa shape index (κ1) is 12.4. The number of carbonyl (C=O) groups is 1. The van der Waals surface area contributed by atoms with E-state index < -0.39 is 5.54 Å². The van der Waals surface area contributed by atoms with Gasteiger partial charge in [-0.3, -0.25) is 4.79 Å². The van der Waals surface area contributed by atoms with Crippen LogP contribution in [0.4, 0.5) is 0 Å². The van der Waals surface area contributed by atoms with Gasteiger partial charge in [0.05, 0.1) is 5.54 Å². The van der Waals surface area contributed by atoms with Crippen LogP contribution in [-0.4, -0.2) is 36.0 Å². The zero-order valence-corrected chi connectivity index (χ0v) is 9.64. The summed E-state index contributed by atoms with van der Waals surface area (Å²) in [5, 5.41) is 3.02. The van der Waals surface area contributed by atoms with E-state index in [-0.39, 0.29) is 11.9 Å². The van der Waals surface area contributed by atoms with Crippen LogP contribution in [0.2, 0.25) is 0 Å². The Morgan fingerprint density at radius 1 is 1.46 bits per heavy atom. The van der Waals surface area contributed by atoms with Gasteiger partial charge in [-0.1, -0.05) is 0 Å². The highest BCUT2D eigenvalue weighted by molar-refractivity contribution is 5.85. The third-order valence-corrected chi connectivity index (χ3v) is 2.38. The second kappa shape index (κ2) is 4.61. The number of nitrogens with one attached hydrogen (secondary N) is 1. The van der Waals surface area contributed by atoms with Gasteiger partial charge in [-0.25, -0.2) is 0 Å². The van der Waals surface area contributed by atoms with Crippen molar-refractivity contribution in [2.24, 2.45) is 0 Å². The van der Waals surface area contributed by atoms with Crippen LogP contribution in [-0.2, 0) is 4.79 Å². The maximum Gasteiger partial charge on any atom is 0.242 e. The standard InChI is InChI=1S/C10H22N2O/c1-7-12(8(2)3)9(13)10(4,5)11-6/h8,11H,7H2,1-6H3. The largest absolute Gasteiger partial charge is 0.339 e. The Kier molecular flexibility index (Phi) is 4.40. The van der Waals surface area contributed by atoms with Gasteiger partial charge in [0, 0.05) is 12.6 Å². The van der Waals surface area contributed by atoms with Crippen molar-refractivity contribution >= 4 is 5.91 Å². The monoisotopic (exact) mass is 186 g/mol. The molecular formula is C10H22N2O. The number of hydrogen-bond acceptors (Lipinski definition) is 2. The van der Waals surface area contributed by atoms with E-state index in [0.29, 0.717) is 0 Å². The molecule has 1 amide bonds. The Balaban J connectivity index is 4.55. The Hall–Kier alpha value is -0.570. The molecule has 78 valence electrons. The predicted molar refractivity (Wildman–Crippen MR) is 55.7 cm³/mol. The maximum absolute atomic E-state index is 11.9. The summed E-state index contributed by atoms with van der Waals surface area (Å²) in [6.45, 7) is 10.6. The molecule has 0 rings (SSSR count). The smallest absolute Gasteiger partial charge is 0.242 e. The van der Waals surface area contributed by atoms with E-state index in [1.54, 1.807) is 0 Å². The minimum absolute atomic E-state index is 0.160. The summed E-state index contributed by atoms with van der Waals surface area (Å²) in [5.74, 6) is 0.160. The fourth-order valence-electron chi connectivity index (χ4n) is 1.21. The summed E-state index contributed by atoms with van der Waals surface area (Å²) in [7, 11) is 1.81. The second-order valence-electron chi connectivity index (χ2n) is 4.06. The van der Waals surface area contributed by atoms with Gasteiger partial charge < -0.3 is 10.2 Å². The molecule has 1 N–H and O–H groups in total. The zero-order valence-electron chi connectivity index (χ0n) is 9.64. The van der Waals surface area contributed by atoms with Gasteiger partial charge in [0.25, 0.3) is 0 Å². The van der Waals surface area contributed by atoms with Crippen molar-refractivity contribution in [2.75, 3.05) is 13.6 Å². The normalized spacial score (nSPS) is 11.9. The summed E-state index contributed by atoms with van der Waals surface area (Å²) in [6.07, 6.45) is 0. The van der Waals surface area contributed by atoms with E-state index in [4.69, 9.17) is 0 Å². The molecule has 3 nitrogen and oxygen atoms in total. The summed E-state index contributed by atoms with van der Waals surface area (Å²) < 4.78 is 0. The van der Waals surface area contributed by atoms with Crippen molar-refractivity contribution in [3.05, 3.63) is 0 Å². The van der Waals surface area contributed by atoms with Crippen LogP contribution in [0.1, 0.15) is 34.6 Å². The molecule has 0 aromatic heterocycles. The lowest BCUT2D eigenvalue weighted by atomic mass is 10.0. The fourth-order valence-corrected chi connectivity index (χ4v) is 1.21. The molecule has 0 unspecified atom stereocenters. The molecule has 3 heteroatoms. The summed E-state index contributed by atoms with van der Waals surface area (Å²) >= 11 is 0. The molecule has 0 bridgehead atoms. The van der Waals surface area contributed by atoms with Crippen molar-refractivity contribution in [3.8, 4) is 0 Å². The van der Waals surface area contributed by atoms with Gasteiger partial charge in [0.2, 0.25) is 5.91 Å². The number of amides is 1. The van der Waals surface area contributed by atoms with E-state index in [9.17, 15) is 4.79 Å². The van der Waals surface area contributed by atoms with E-state index in [0.717, 1.165) is 6.54 Å². The summed E-state index contributed by atoms with van der Waals surface area (Å²) in [6, 6.07) is 0.269. The predicted octanol–water partition coefficient (Wildman–Crippen LogP) is 1.24. The van der Waals surface area contributed by atoms with Crippen molar-refractivity contribution < 1.29 is 4.79 Å². The summed E-state index contributed by atoms with van der Waals surface area (Å²) in [5.41, 5.74) is -0.458. The van der Waals surface area contributed by atoms with Crippen LogP contribution in [0.25, 0.3) is 0 Å². The van der Waals surface area contributed by atoms with Crippen molar-refractivity contribution in [1.82, 2.24) is 10.2 Å². The van der Waals surface area contributed by atoms with Gasteiger partial charge in [-0.2, -0.15) is 0 Å². The van der Waals surface area contributed by atoms with Gasteiger partial charge in [0.1, 0.15) is 0 Å². The second-order valence-corrected chi connectivity index (χ2v) is 4.06. The van der Waals surface area contributed by atoms with Crippen LogP contribution in [0.5, 0.6) is 0 Å². The first-order chi connectivity index (χ1) is 5.86. The molecule has 0 radical (unpaired) electrons. The van der Waals surface area contributed by atoms with Crippen LogP contribution in [0.3, 0.4) is 0 Å². The summed E-state index contributed by atoms with van der Waals surface area (Å²) in [4.78, 5) is 13.8. The average Bonchev–Trinajstić information content (AvgIpc) is 2.05. The molecule has 0 spiro atoms. The Bertz CT molecular complexity index is 176. The fraction of sp³-hybridized carbons (Fsp3) is 0.900. The van der Waals surface area contributed by atoms with Gasteiger partial charge >= 0.3 is 0 Å². The van der Waals surface area contributed by atoms with Crippen LogP contribution < -0.4 is 5.32 Å². The molecule has 0 fully saturated rings. The molecule has 0 aliphatic heterocycles. The molecule has 0 aliphatic carbocycles. The van der Waals surface area contributed by atoms with Crippen molar-refractivity contribution in [2.45, 2.75) is 46.2 Å². The van der Waals surface area contributed by atoms with Crippen LogP contribution in [0.15, 0.2) is 0 Å². The van der Waals surface area contributed by atoms with E-state index in [1.807, 2.05) is 46.6 Å². The third-order valence-electron chi connectivity index (χ3n) is 2.38. The Morgan fingerprint density at radius 2 is 1.92 bits per heavy atom. The molecule has 0 atom stereocenters. The third kappa shape index (κ3) is 2.99. The number of likely N-dealkylation sites (N-methyl/N-ethyl adjacent to an activating group) is 2. The van der Waals surface area contributed by atoms with Gasteiger partial charge in [-0.15, -0.1) is 0 Å². The molecule has 13 heavy (non-hydrogen) atoms. The van der Waals surface area contributed by atoms with E-state index in [1.165, 1.54) is 0 Å². The lowest BCUT2D eigenvalue weighted by Gasteiger charge is -2.33. The Labute approximate surface area is 81.5 Å². The average molecular weight is 186 g/mol. The first-order valence-electron chi connectivity index (χ1n) is 4.86. The number of hydrogen-bond donors (Lipinski definition) is 1. The zero-order chi connectivity index (χ0) is 10.6. The van der Waals surface area contributed by atoms with Crippen molar-refractivity contribution in [3.63, 3.8) is 0 Å². The lowest BCUT2D eigenvalue weighted by Crippen LogP contribution is -2.54. The lowest BCUT2D eigenvalue weighted by molar-refractivity contribution is -0.138. The number of carbonyl (C=O) groups excluding carboxylic acids is 1. The number of nitrogens with zero attached hydrogens (tertiary/aromatic N) is 1. The first-order valence-corrected chi connectivity index (χ1v) is 4.86. The van der Waals surface area contributed by atoms with Gasteiger partial charge in [-0.05, 0) is 41.7 Å². The van der Waals surface area contributed by atoms with Crippen LogP contribution >= 0.6 is 0 Å². The topological polar surface area (TPSA) is 32.3 Å². The van der Waals surface area contributed by atoms with E-state index >= 15 is 0 Å². The molecule has 0 aromatic rings. The highest BCUT2D eigenvalue weighted by atomic mass is 16.2. The number of rotatable bonds is 4. The van der Waals surface area contributed by atoms with Gasteiger partial charge in [0.15, 0.2) is 0 Å². The van der Waals surface area contributed by atoms with Crippen molar-refractivity contribution in [1.29, 1.82) is 0 Å². The minimum Gasteiger partial charge on any atom is -0.339 e. The molecule has 0 aromatic carbocycles. The molecule has 0 heterocycles. The highest BCUT2D eigenvalue weighted by Gasteiger charge is 2.30.